The summed E-state index contributed by atoms with van der Waals surface area (Å²) in [6, 6.07) is 9.23. The number of halogens is 1. The highest BCUT2D eigenvalue weighted by Gasteiger charge is 2.14. The van der Waals surface area contributed by atoms with Crippen molar-refractivity contribution < 1.29 is 4.79 Å². The van der Waals surface area contributed by atoms with Gasteiger partial charge in [0.15, 0.2) is 5.01 Å². The van der Waals surface area contributed by atoms with Crippen LogP contribution >= 0.6 is 34.9 Å². The molecule has 0 saturated carbocycles. The van der Waals surface area contributed by atoms with E-state index in [4.69, 9.17) is 18.0 Å². The molecule has 2 amide bonds. The Kier molecular flexibility index (Phi) is 11.4. The van der Waals surface area contributed by atoms with Gasteiger partial charge in [-0.3, -0.25) is 10.0 Å². The summed E-state index contributed by atoms with van der Waals surface area (Å²) in [7, 11) is 0. The highest BCUT2D eigenvalue weighted by molar-refractivity contribution is 8.01. The van der Waals surface area contributed by atoms with Crippen LogP contribution in [0.25, 0.3) is 11.3 Å². The molecule has 1 heterocycles. The summed E-state index contributed by atoms with van der Waals surface area (Å²) in [6.45, 7) is 5.52. The molecule has 0 radical (unpaired) electrons. The van der Waals surface area contributed by atoms with E-state index in [1.165, 1.54) is 23.3 Å². The number of anilines is 1. The van der Waals surface area contributed by atoms with Crippen LogP contribution in [0.1, 0.15) is 32.2 Å². The van der Waals surface area contributed by atoms with Gasteiger partial charge in [-0.15, -0.1) is 18.8 Å². The molecule has 7 heteroatoms. The summed E-state index contributed by atoms with van der Waals surface area (Å²) in [5.41, 5.74) is 1.55. The molecule has 0 bridgehead atoms. The van der Waals surface area contributed by atoms with Gasteiger partial charge in [0.05, 0.1) is 0 Å². The Labute approximate surface area is 186 Å². The van der Waals surface area contributed by atoms with Crippen molar-refractivity contribution in [2.24, 2.45) is 0 Å². The number of carbonyl (C=O) groups excluding carboxylic acids is 1. The van der Waals surface area contributed by atoms with Gasteiger partial charge in [0.2, 0.25) is 0 Å². The molecule has 4 nitrogen and oxygen atoms in total. The zero-order valence-corrected chi connectivity index (χ0v) is 18.8. The van der Waals surface area contributed by atoms with E-state index in [2.05, 4.69) is 33.3 Å². The molecule has 0 fully saturated rings. The van der Waals surface area contributed by atoms with Gasteiger partial charge in [-0.1, -0.05) is 66.3 Å². The van der Waals surface area contributed by atoms with Gasteiger partial charge in [-0.2, -0.15) is 0 Å². The SMILES string of the molecule is C#CC.C#Cc1nc(-c2ccccc2)c(NC(=O)NS/C(C)=C/C=C(/Cl)CC)s1. The van der Waals surface area contributed by atoms with Crippen LogP contribution in [-0.4, -0.2) is 11.0 Å². The molecule has 0 unspecified atom stereocenters. The van der Waals surface area contributed by atoms with Crippen molar-refractivity contribution in [3.63, 3.8) is 0 Å². The minimum absolute atomic E-state index is 0.349. The molecular weight excluding hydrogens is 422 g/mol. The summed E-state index contributed by atoms with van der Waals surface area (Å²) in [5, 5.41) is 4.70. The Balaban J connectivity index is 0.00000132. The second-order valence-electron chi connectivity index (χ2n) is 5.40. The lowest BCUT2D eigenvalue weighted by Crippen LogP contribution is -2.22. The fraction of sp³-hybridized carbons (Fsp3) is 0.182. The van der Waals surface area contributed by atoms with Crippen molar-refractivity contribution in [1.82, 2.24) is 9.71 Å². The van der Waals surface area contributed by atoms with Crippen molar-refractivity contribution in [3.8, 4) is 35.9 Å². The lowest BCUT2D eigenvalue weighted by molar-refractivity contribution is 0.257. The van der Waals surface area contributed by atoms with Gasteiger partial charge in [0.25, 0.3) is 0 Å². The molecule has 2 rings (SSSR count). The zero-order chi connectivity index (χ0) is 21.6. The third-order valence-corrected chi connectivity index (χ3v) is 5.21. The lowest BCUT2D eigenvalue weighted by atomic mass is 10.2. The molecule has 0 aliphatic rings. The fourth-order valence-corrected chi connectivity index (χ4v) is 3.17. The van der Waals surface area contributed by atoms with E-state index in [1.807, 2.05) is 56.3 Å². The predicted molar refractivity (Wildman–Crippen MR) is 128 cm³/mol. The largest absolute Gasteiger partial charge is 0.330 e. The molecule has 2 aromatic rings. The molecule has 29 heavy (non-hydrogen) atoms. The molecule has 0 aliphatic heterocycles. The number of nitrogens with one attached hydrogen (secondary N) is 2. The predicted octanol–water partition coefficient (Wildman–Crippen LogP) is 6.64. The third-order valence-electron chi connectivity index (χ3n) is 3.17. The molecule has 2 N–H and O–H groups in total. The second kappa shape index (κ2) is 13.5. The van der Waals surface area contributed by atoms with Crippen LogP contribution in [0.2, 0.25) is 0 Å². The number of nitrogens with zero attached hydrogens (tertiary/aromatic N) is 1. The van der Waals surface area contributed by atoms with Crippen LogP contribution in [0.5, 0.6) is 0 Å². The van der Waals surface area contributed by atoms with Crippen LogP contribution < -0.4 is 10.0 Å². The highest BCUT2D eigenvalue weighted by Crippen LogP contribution is 2.32. The number of benzene rings is 1. The summed E-state index contributed by atoms with van der Waals surface area (Å²) in [4.78, 5) is 17.5. The van der Waals surface area contributed by atoms with E-state index in [9.17, 15) is 4.79 Å². The number of aromatic nitrogens is 1. The molecule has 0 atom stereocenters. The Bertz CT molecular complexity index is 951. The number of amides is 2. The molecular formula is C22H22ClN3OS2. The van der Waals surface area contributed by atoms with Gasteiger partial charge in [-0.05, 0) is 44.2 Å². The van der Waals surface area contributed by atoms with Gasteiger partial charge in [0.1, 0.15) is 10.7 Å². The van der Waals surface area contributed by atoms with E-state index in [1.54, 1.807) is 6.92 Å². The molecule has 1 aromatic carbocycles. The number of rotatable bonds is 6. The van der Waals surface area contributed by atoms with Crippen molar-refractivity contribution in [3.05, 3.63) is 57.4 Å². The monoisotopic (exact) mass is 443 g/mol. The molecule has 0 aliphatic carbocycles. The van der Waals surface area contributed by atoms with Crippen LogP contribution in [0.4, 0.5) is 9.80 Å². The van der Waals surface area contributed by atoms with Crippen molar-refractivity contribution in [1.29, 1.82) is 0 Å². The lowest BCUT2D eigenvalue weighted by Gasteiger charge is -2.07. The Morgan fingerprint density at radius 2 is 1.97 bits per heavy atom. The van der Waals surface area contributed by atoms with Crippen LogP contribution in [0, 0.1) is 24.7 Å². The summed E-state index contributed by atoms with van der Waals surface area (Å²) >= 11 is 8.43. The van der Waals surface area contributed by atoms with E-state index in [0.29, 0.717) is 15.7 Å². The summed E-state index contributed by atoms with van der Waals surface area (Å²) in [6.07, 6.45) is 14.5. The number of urea groups is 1. The minimum atomic E-state index is -0.349. The fourth-order valence-electron chi connectivity index (χ4n) is 1.87. The first-order valence-corrected chi connectivity index (χ1v) is 10.6. The first-order chi connectivity index (χ1) is 13.9. The smallest absolute Gasteiger partial charge is 0.297 e. The Hall–Kier alpha value is -2.64. The number of terminal acetylenes is 2. The van der Waals surface area contributed by atoms with Gasteiger partial charge in [-0.25, -0.2) is 9.78 Å². The van der Waals surface area contributed by atoms with E-state index in [0.717, 1.165) is 21.9 Å². The number of thiazole rings is 1. The average Bonchev–Trinajstić information content (AvgIpc) is 3.14. The zero-order valence-electron chi connectivity index (χ0n) is 16.5. The minimum Gasteiger partial charge on any atom is -0.297 e. The standard InChI is InChI=1S/C19H18ClN3OS2.C3H4/c1-4-15(20)12-11-13(3)26-23-19(24)22-18-17(21-16(5-2)25-18)14-9-7-6-8-10-14;1-3-2/h2,6-12H,4H2,1,3H3,(H2,22,23,24);1H,2H3/b13-11+,15-12+;. The van der Waals surface area contributed by atoms with Crippen molar-refractivity contribution >= 4 is 45.9 Å². The average molecular weight is 444 g/mol. The summed E-state index contributed by atoms with van der Waals surface area (Å²) in [5.74, 6) is 4.77. The first-order valence-electron chi connectivity index (χ1n) is 8.62. The molecule has 150 valence electrons. The molecule has 0 saturated heterocycles. The highest BCUT2D eigenvalue weighted by atomic mass is 35.5. The quantitative estimate of drug-likeness (QED) is 0.299. The Morgan fingerprint density at radius 1 is 1.31 bits per heavy atom. The van der Waals surface area contributed by atoms with Gasteiger partial charge in [0, 0.05) is 15.5 Å². The molecule has 1 aromatic heterocycles. The van der Waals surface area contributed by atoms with E-state index >= 15 is 0 Å². The van der Waals surface area contributed by atoms with Gasteiger partial charge >= 0.3 is 6.03 Å². The molecule has 0 spiro atoms. The van der Waals surface area contributed by atoms with Crippen molar-refractivity contribution in [2.45, 2.75) is 27.2 Å². The summed E-state index contributed by atoms with van der Waals surface area (Å²) < 4.78 is 2.73. The number of hydrogen-bond acceptors (Lipinski definition) is 4. The maximum absolute atomic E-state index is 12.2. The Morgan fingerprint density at radius 3 is 2.55 bits per heavy atom. The number of carbonyl (C=O) groups is 1. The van der Waals surface area contributed by atoms with Crippen LogP contribution in [0.3, 0.4) is 0 Å². The van der Waals surface area contributed by atoms with E-state index < -0.39 is 0 Å². The van der Waals surface area contributed by atoms with Crippen LogP contribution in [-0.2, 0) is 0 Å². The topological polar surface area (TPSA) is 54.0 Å². The first kappa shape index (κ1) is 24.4. The maximum Gasteiger partial charge on any atom is 0.330 e. The maximum atomic E-state index is 12.2. The van der Waals surface area contributed by atoms with Crippen molar-refractivity contribution in [2.75, 3.05) is 5.32 Å². The third kappa shape index (κ3) is 8.93. The van der Waals surface area contributed by atoms with E-state index in [-0.39, 0.29) is 6.03 Å². The number of hydrogen-bond donors (Lipinski definition) is 2. The van der Waals surface area contributed by atoms with Crippen LogP contribution in [0.15, 0.2) is 52.4 Å². The van der Waals surface area contributed by atoms with Gasteiger partial charge < -0.3 is 0 Å². The normalized spacial score (nSPS) is 10.8. The second-order valence-corrected chi connectivity index (χ2v) is 7.94. The number of allylic oxidation sites excluding steroid dienone is 4.